The lowest BCUT2D eigenvalue weighted by Crippen LogP contribution is -2.40. The van der Waals surface area contributed by atoms with Crippen molar-refractivity contribution in [2.75, 3.05) is 0 Å². The van der Waals surface area contributed by atoms with Crippen LogP contribution in [0.1, 0.15) is 138 Å². The van der Waals surface area contributed by atoms with E-state index in [2.05, 4.69) is 0 Å². The highest BCUT2D eigenvalue weighted by atomic mass is 16.5. The fraction of sp³-hybridized carbons (Fsp3) is 0.211. The van der Waals surface area contributed by atoms with Gasteiger partial charge in [0.15, 0.2) is 81.9 Å². The highest BCUT2D eigenvalue weighted by molar-refractivity contribution is 5.74. The number of aliphatic hydroxyl groups is 6. The van der Waals surface area contributed by atoms with E-state index in [4.69, 9.17) is 23.7 Å². The largest absolute Gasteiger partial charge is 0.508 e. The highest BCUT2D eigenvalue weighted by Gasteiger charge is 2.55. The summed E-state index contributed by atoms with van der Waals surface area (Å²) in [4.78, 5) is 0. The predicted molar refractivity (Wildman–Crippen MR) is 360 cm³/mol. The molecule has 30 heteroatoms. The van der Waals surface area contributed by atoms with Gasteiger partial charge in [-0.1, -0.05) is 30.3 Å². The zero-order chi connectivity index (χ0) is 75.4. The number of rotatable bonds is 10. The molecule has 10 aromatic carbocycles. The summed E-state index contributed by atoms with van der Waals surface area (Å²) in [6.45, 7) is -1.18. The van der Waals surface area contributed by atoms with Crippen LogP contribution in [-0.2, 0) is 13.0 Å². The molecule has 30 nitrogen and oxygen atoms in total. The van der Waals surface area contributed by atoms with Crippen molar-refractivity contribution >= 4 is 0 Å². The van der Waals surface area contributed by atoms with Gasteiger partial charge in [-0.15, -0.1) is 0 Å². The molecule has 0 saturated heterocycles. The number of phenols is 19. The molecule has 5 heterocycles. The third-order valence-corrected chi connectivity index (χ3v) is 20.4. The predicted octanol–water partition coefficient (Wildman–Crippen LogP) is 7.13. The molecule has 0 amide bonds. The first kappa shape index (κ1) is 68.9. The van der Waals surface area contributed by atoms with Gasteiger partial charge in [-0.05, 0) is 94.5 Å². The minimum atomic E-state index is -2.31. The van der Waals surface area contributed by atoms with Crippen LogP contribution in [0.5, 0.6) is 138 Å². The van der Waals surface area contributed by atoms with Gasteiger partial charge in [0.05, 0.1) is 30.5 Å². The Morgan fingerprint density at radius 3 is 1.00 bits per heavy atom. The second-order valence-corrected chi connectivity index (χ2v) is 26.6. The Hall–Kier alpha value is -12.8. The third-order valence-electron chi connectivity index (χ3n) is 20.4. The van der Waals surface area contributed by atoms with E-state index in [1.54, 1.807) is 0 Å². The lowest BCUT2D eigenvalue weighted by Gasteiger charge is -2.45. The molecular weight excluding hydrogens is 1390 g/mol. The van der Waals surface area contributed by atoms with Crippen LogP contribution in [0.3, 0.4) is 0 Å². The lowest BCUT2D eigenvalue weighted by molar-refractivity contribution is -0.00984. The SMILES string of the molecule is OCc1cc([C@H]2c3c(O)cc(O)c([C@H]4c5c(O)cc(O)cc5O[C@H](c5ccc(O)c(O)c5)[C@@H]4O)c3O[C@H](c3ccc(O)c(O)c3)[C@@H]2O)c2c(c1O)[C@H](c1c(O)cc(O)c3c1O[C@H](c1ccc(O)c(O)c1)[C@H](O)[C@H]3c1c(O)cc(O)c3c1O[C@H](c1ccc(O)c(O)c1)[C@H](O)C3)[C@@H](O)[C@@H](c1ccc(O)c(O)c1)O2. The molecule has 0 aliphatic carbocycles. The summed E-state index contributed by atoms with van der Waals surface area (Å²) in [5, 5.41) is 294. The molecule has 5 aliphatic rings. The average molecular weight is 1460 g/mol. The number of aromatic hydroxyl groups is 19. The number of aliphatic hydroxyl groups excluding tert-OH is 6. The minimum absolute atomic E-state index is 0.0299. The molecule has 0 saturated carbocycles. The van der Waals surface area contributed by atoms with E-state index in [9.17, 15) is 128 Å². The Bertz CT molecular complexity index is 5290. The molecule has 0 radical (unpaired) electrons. The van der Waals surface area contributed by atoms with Gasteiger partial charge < -0.3 is 151 Å². The highest BCUT2D eigenvalue weighted by Crippen LogP contribution is 2.66. The van der Waals surface area contributed by atoms with E-state index in [0.717, 1.165) is 91.0 Å². The van der Waals surface area contributed by atoms with E-state index >= 15 is 0 Å². The van der Waals surface area contributed by atoms with Gasteiger partial charge >= 0.3 is 0 Å². The van der Waals surface area contributed by atoms with E-state index in [1.165, 1.54) is 30.3 Å². The van der Waals surface area contributed by atoms with Crippen molar-refractivity contribution in [1.29, 1.82) is 0 Å². The molecule has 0 unspecified atom stereocenters. The van der Waals surface area contributed by atoms with E-state index in [-0.39, 0.29) is 44.7 Å². The minimum Gasteiger partial charge on any atom is -0.508 e. The van der Waals surface area contributed by atoms with Crippen LogP contribution in [0, 0.1) is 0 Å². The van der Waals surface area contributed by atoms with Gasteiger partial charge in [0.2, 0.25) is 0 Å². The topological polar surface area (TPSA) is 552 Å². The fourth-order valence-corrected chi connectivity index (χ4v) is 15.6. The number of phenolic OH excluding ortho intramolecular Hbond substituents is 18. The Balaban J connectivity index is 1.01. The maximum atomic E-state index is 13.5. The van der Waals surface area contributed by atoms with Crippen LogP contribution in [0.15, 0.2) is 127 Å². The van der Waals surface area contributed by atoms with Crippen LogP contribution in [-0.4, -0.2) is 158 Å². The molecule has 0 bridgehead atoms. The molecule has 14 atom stereocenters. The summed E-state index contributed by atoms with van der Waals surface area (Å²) in [6, 6.07) is 21.4. The summed E-state index contributed by atoms with van der Waals surface area (Å²) in [7, 11) is 0. The Labute approximate surface area is 595 Å². The molecule has 106 heavy (non-hydrogen) atoms. The van der Waals surface area contributed by atoms with Crippen LogP contribution in [0.2, 0.25) is 0 Å². The summed E-state index contributed by atoms with van der Waals surface area (Å²) < 4.78 is 33.0. The van der Waals surface area contributed by atoms with E-state index in [1.807, 2.05) is 0 Å². The molecule has 0 spiro atoms. The standard InChI is InChI=1S/C76H64O30/c77-23-29-11-32(52-54-46(92)21-47(93)56(75(54)105-70(64(52)98)26-3-8-35(81)41(87)14-26)59-53-44(90)17-30(78)18-51(53)102-69(65(59)99)25-2-7-34(80)40(86)13-25)74-62(63(29)97)61(67(101)71(104-74)27-4-9-36(82)42(88)15-27)58-49(95)22-48(94)57-60(66(100)72(106-76(57)58)28-5-10-37(83)43(89)16-28)55-45(91)20-38(84)31-19-50(96)68(103-73(31)55)24-1-6-33(79)39(85)12-24/h1-18,20-22,50,52,59-61,64-72,77-101H,19,23H2/t50-,52+,59-,60+,61+,64-,65-,66-,67-,68-,69-,70-,71-,72-/m1/s1. The second kappa shape index (κ2) is 25.2. The van der Waals surface area contributed by atoms with Crippen molar-refractivity contribution in [3.05, 3.63) is 211 Å². The molecule has 0 aromatic heterocycles. The quantitative estimate of drug-likeness (QED) is 0.0605. The van der Waals surface area contributed by atoms with Gasteiger partial charge in [-0.3, -0.25) is 0 Å². The van der Waals surface area contributed by atoms with Crippen molar-refractivity contribution in [2.24, 2.45) is 0 Å². The summed E-state index contributed by atoms with van der Waals surface area (Å²) in [5.74, 6) is -25.6. The zero-order valence-corrected chi connectivity index (χ0v) is 54.3. The maximum Gasteiger partial charge on any atom is 0.157 e. The molecule has 10 aromatic rings. The van der Waals surface area contributed by atoms with Gasteiger partial charge in [0.1, 0.15) is 111 Å². The Kier molecular flexibility index (Phi) is 16.4. The molecule has 25 N–H and O–H groups in total. The Morgan fingerprint density at radius 2 is 0.594 bits per heavy atom. The third kappa shape index (κ3) is 10.8. The molecular formula is C76H64O30. The first-order chi connectivity index (χ1) is 50.4. The summed E-state index contributed by atoms with van der Waals surface area (Å²) in [5.41, 5.74) is -5.65. The van der Waals surface area contributed by atoms with Gasteiger partial charge in [-0.25, -0.2) is 0 Å². The number of hydrogen-bond acceptors (Lipinski definition) is 30. The zero-order valence-electron chi connectivity index (χ0n) is 54.3. The van der Waals surface area contributed by atoms with Crippen LogP contribution in [0.25, 0.3) is 0 Å². The first-order valence-electron chi connectivity index (χ1n) is 32.6. The number of fused-ring (bicyclic) bond motifs is 5. The van der Waals surface area contributed by atoms with Crippen LogP contribution >= 0.6 is 0 Å². The van der Waals surface area contributed by atoms with Crippen molar-refractivity contribution in [2.45, 2.75) is 97.7 Å². The van der Waals surface area contributed by atoms with Crippen molar-refractivity contribution in [1.82, 2.24) is 0 Å². The van der Waals surface area contributed by atoms with Gasteiger partial charge in [0.25, 0.3) is 0 Å². The van der Waals surface area contributed by atoms with Crippen LogP contribution < -0.4 is 23.7 Å². The number of ether oxygens (including phenoxy) is 5. The average Bonchev–Trinajstić information content (AvgIpc) is 0.702. The smallest absolute Gasteiger partial charge is 0.157 e. The first-order valence-corrected chi connectivity index (χ1v) is 32.6. The monoisotopic (exact) mass is 1460 g/mol. The van der Waals surface area contributed by atoms with E-state index < -0.39 is 274 Å². The number of benzene rings is 10. The van der Waals surface area contributed by atoms with Crippen molar-refractivity contribution < 1.29 is 151 Å². The second-order valence-electron chi connectivity index (χ2n) is 26.6. The lowest BCUT2D eigenvalue weighted by atomic mass is 9.71. The molecule has 15 rings (SSSR count). The normalized spacial score (nSPS) is 24.1. The number of hydrogen-bond donors (Lipinski definition) is 25. The van der Waals surface area contributed by atoms with Crippen molar-refractivity contribution in [3.63, 3.8) is 0 Å². The van der Waals surface area contributed by atoms with Gasteiger partial charge in [0, 0.05) is 98.3 Å². The van der Waals surface area contributed by atoms with Crippen molar-refractivity contribution in [3.8, 4) is 138 Å². The maximum absolute atomic E-state index is 13.5. The Morgan fingerprint density at radius 1 is 0.274 bits per heavy atom. The molecule has 0 fully saturated rings. The van der Waals surface area contributed by atoms with Gasteiger partial charge in [-0.2, -0.15) is 0 Å². The summed E-state index contributed by atoms with van der Waals surface area (Å²) >= 11 is 0. The van der Waals surface area contributed by atoms with E-state index in [0.29, 0.717) is 6.07 Å². The summed E-state index contributed by atoms with van der Waals surface area (Å²) in [6.07, 6.45) is -19.7. The fourth-order valence-electron chi connectivity index (χ4n) is 15.6. The molecule has 548 valence electrons. The molecule has 5 aliphatic heterocycles. The van der Waals surface area contributed by atoms with Crippen LogP contribution in [0.4, 0.5) is 0 Å².